The van der Waals surface area contributed by atoms with Gasteiger partial charge in [-0.25, -0.2) is 0 Å². The molecule has 154 valence electrons. The molecular formula is C21H25N3O5. The molecule has 0 aliphatic carbocycles. The van der Waals surface area contributed by atoms with Crippen LogP contribution in [0.2, 0.25) is 0 Å². The van der Waals surface area contributed by atoms with Crippen LogP contribution in [0.3, 0.4) is 0 Å². The molecule has 1 aromatic carbocycles. The molecule has 8 nitrogen and oxygen atoms in total. The summed E-state index contributed by atoms with van der Waals surface area (Å²) in [5, 5.41) is 11.2. The number of hydrogen-bond donors (Lipinski definition) is 2. The number of benzene rings is 1. The highest BCUT2D eigenvalue weighted by atomic mass is 16.4. The Morgan fingerprint density at radius 3 is 2.59 bits per heavy atom. The summed E-state index contributed by atoms with van der Waals surface area (Å²) in [6.45, 7) is 1.95. The molecule has 29 heavy (non-hydrogen) atoms. The lowest BCUT2D eigenvalue weighted by molar-refractivity contribution is -0.138. The molecule has 4 rings (SSSR count). The number of rotatable bonds is 5. The normalized spacial score (nSPS) is 22.6. The Kier molecular flexibility index (Phi) is 5.25. The molecule has 3 amide bonds. The first-order valence-electron chi connectivity index (χ1n) is 10.2. The van der Waals surface area contributed by atoms with E-state index >= 15 is 0 Å². The van der Waals surface area contributed by atoms with E-state index in [0.717, 1.165) is 37.2 Å². The third-order valence-electron chi connectivity index (χ3n) is 6.25. The monoisotopic (exact) mass is 399 g/mol. The van der Waals surface area contributed by atoms with Crippen molar-refractivity contribution in [3.05, 3.63) is 29.3 Å². The lowest BCUT2D eigenvalue weighted by Gasteiger charge is -2.34. The summed E-state index contributed by atoms with van der Waals surface area (Å²) >= 11 is 0. The summed E-state index contributed by atoms with van der Waals surface area (Å²) in [7, 11) is 0. The zero-order valence-corrected chi connectivity index (χ0v) is 16.2. The number of carboxylic acid groups (broad SMARTS) is 1. The van der Waals surface area contributed by atoms with Crippen LogP contribution in [0.15, 0.2) is 18.2 Å². The molecule has 2 N–H and O–H groups in total. The maximum Gasteiger partial charge on any atom is 0.303 e. The lowest BCUT2D eigenvalue weighted by atomic mass is 9.91. The topological polar surface area (TPSA) is 107 Å². The Labute approximate surface area is 168 Å². The van der Waals surface area contributed by atoms with Crippen LogP contribution in [-0.2, 0) is 20.9 Å². The molecule has 0 bridgehead atoms. The van der Waals surface area contributed by atoms with Crippen LogP contribution < -0.4 is 10.2 Å². The summed E-state index contributed by atoms with van der Waals surface area (Å²) in [6.07, 6.45) is 3.30. The highest BCUT2D eigenvalue weighted by molar-refractivity contribution is 6.08. The lowest BCUT2D eigenvalue weighted by Crippen LogP contribution is -2.52. The zero-order valence-electron chi connectivity index (χ0n) is 16.2. The van der Waals surface area contributed by atoms with E-state index in [9.17, 15) is 19.2 Å². The van der Waals surface area contributed by atoms with Crippen LogP contribution in [0, 0.1) is 5.92 Å². The third kappa shape index (κ3) is 3.83. The Morgan fingerprint density at radius 1 is 1.14 bits per heavy atom. The number of nitrogens with zero attached hydrogens (tertiary/aromatic N) is 2. The molecule has 3 aliphatic heterocycles. The van der Waals surface area contributed by atoms with Crippen LogP contribution in [0.4, 0.5) is 5.69 Å². The van der Waals surface area contributed by atoms with Gasteiger partial charge in [0.15, 0.2) is 0 Å². The quantitative estimate of drug-likeness (QED) is 0.727. The number of carboxylic acids is 1. The van der Waals surface area contributed by atoms with Gasteiger partial charge in [0.25, 0.3) is 5.91 Å². The summed E-state index contributed by atoms with van der Waals surface area (Å²) in [5.41, 5.74) is 2.45. The van der Waals surface area contributed by atoms with E-state index in [1.54, 1.807) is 4.90 Å². The number of carbonyl (C=O) groups excluding carboxylic acids is 3. The molecule has 3 aliphatic rings. The average molecular weight is 399 g/mol. The smallest absolute Gasteiger partial charge is 0.303 e. The summed E-state index contributed by atoms with van der Waals surface area (Å²) in [6, 6.07) is 5.19. The van der Waals surface area contributed by atoms with Crippen LogP contribution in [0.1, 0.15) is 54.4 Å². The Bertz CT molecular complexity index is 860. The number of anilines is 1. The number of amides is 3. The van der Waals surface area contributed by atoms with E-state index in [1.807, 2.05) is 18.2 Å². The molecule has 1 aromatic rings. The summed E-state index contributed by atoms with van der Waals surface area (Å²) in [4.78, 5) is 51.4. The Hall–Kier alpha value is -2.90. The van der Waals surface area contributed by atoms with Gasteiger partial charge in [0.2, 0.25) is 11.8 Å². The number of fused-ring (bicyclic) bond motifs is 1. The SMILES string of the molecule is O=C(O)CCC1CCN(c2cccc3c2C(=O)N(C2CCC(=O)NC2=O)C3)CC1. The number of piperidine rings is 2. The van der Waals surface area contributed by atoms with E-state index in [-0.39, 0.29) is 24.7 Å². The standard InChI is InChI=1S/C21H25N3O5/c25-17-6-5-16(20(28)22-17)24-12-14-2-1-3-15(19(14)21(24)29)23-10-8-13(9-11-23)4-7-18(26)27/h1-3,13,16H,4-12H2,(H,26,27)(H,22,25,28). The second-order valence-electron chi connectivity index (χ2n) is 8.07. The highest BCUT2D eigenvalue weighted by Crippen LogP contribution is 2.36. The van der Waals surface area contributed by atoms with Crippen molar-refractivity contribution in [1.82, 2.24) is 10.2 Å². The molecule has 2 fully saturated rings. The van der Waals surface area contributed by atoms with Crippen molar-refractivity contribution in [3.63, 3.8) is 0 Å². The van der Waals surface area contributed by atoms with Crippen molar-refractivity contribution in [1.29, 1.82) is 0 Å². The van der Waals surface area contributed by atoms with Gasteiger partial charge in [0.05, 0.1) is 5.56 Å². The van der Waals surface area contributed by atoms with Gasteiger partial charge in [-0.2, -0.15) is 0 Å². The number of imide groups is 1. The fourth-order valence-corrected chi connectivity index (χ4v) is 4.65. The predicted molar refractivity (Wildman–Crippen MR) is 104 cm³/mol. The van der Waals surface area contributed by atoms with Crippen LogP contribution in [-0.4, -0.2) is 52.8 Å². The van der Waals surface area contributed by atoms with Crippen molar-refractivity contribution >= 4 is 29.4 Å². The number of hydrogen-bond acceptors (Lipinski definition) is 5. The Balaban J connectivity index is 1.48. The number of carbonyl (C=O) groups is 4. The number of nitrogens with one attached hydrogen (secondary N) is 1. The van der Waals surface area contributed by atoms with E-state index in [4.69, 9.17) is 5.11 Å². The molecule has 0 radical (unpaired) electrons. The molecule has 0 aromatic heterocycles. The average Bonchev–Trinajstić information content (AvgIpc) is 3.03. The fraction of sp³-hybridized carbons (Fsp3) is 0.524. The minimum atomic E-state index is -0.757. The molecule has 3 heterocycles. The van der Waals surface area contributed by atoms with Gasteiger partial charge in [0, 0.05) is 38.2 Å². The van der Waals surface area contributed by atoms with Gasteiger partial charge >= 0.3 is 5.97 Å². The zero-order chi connectivity index (χ0) is 20.5. The summed E-state index contributed by atoms with van der Waals surface area (Å²) < 4.78 is 0. The molecule has 8 heteroatoms. The minimum Gasteiger partial charge on any atom is -0.481 e. The van der Waals surface area contributed by atoms with Gasteiger partial charge in [-0.3, -0.25) is 24.5 Å². The first-order valence-corrected chi connectivity index (χ1v) is 10.2. The number of aliphatic carboxylic acids is 1. The molecule has 1 unspecified atom stereocenters. The van der Waals surface area contributed by atoms with Crippen LogP contribution in [0.5, 0.6) is 0 Å². The molecule has 0 spiro atoms. The van der Waals surface area contributed by atoms with Crippen molar-refractivity contribution < 1.29 is 24.3 Å². The maximum atomic E-state index is 13.2. The van der Waals surface area contributed by atoms with E-state index < -0.39 is 17.9 Å². The fourth-order valence-electron chi connectivity index (χ4n) is 4.65. The van der Waals surface area contributed by atoms with Crippen molar-refractivity contribution in [3.8, 4) is 0 Å². The van der Waals surface area contributed by atoms with Crippen LogP contribution in [0.25, 0.3) is 0 Å². The Morgan fingerprint density at radius 2 is 1.90 bits per heavy atom. The van der Waals surface area contributed by atoms with Crippen molar-refractivity contribution in [2.45, 2.75) is 51.1 Å². The summed E-state index contributed by atoms with van der Waals surface area (Å²) in [5.74, 6) is -1.20. The first kappa shape index (κ1) is 19.4. The van der Waals surface area contributed by atoms with Crippen LogP contribution >= 0.6 is 0 Å². The molecular weight excluding hydrogens is 374 g/mol. The van der Waals surface area contributed by atoms with E-state index in [2.05, 4.69) is 10.2 Å². The van der Waals surface area contributed by atoms with E-state index in [1.165, 1.54) is 0 Å². The second-order valence-corrected chi connectivity index (χ2v) is 8.07. The molecule has 1 atom stereocenters. The van der Waals surface area contributed by atoms with Gasteiger partial charge in [-0.15, -0.1) is 0 Å². The first-order chi connectivity index (χ1) is 13.9. The molecule has 0 saturated carbocycles. The van der Waals surface area contributed by atoms with Gasteiger partial charge in [0.1, 0.15) is 6.04 Å². The highest BCUT2D eigenvalue weighted by Gasteiger charge is 2.40. The maximum absolute atomic E-state index is 13.2. The second kappa shape index (κ2) is 7.85. The van der Waals surface area contributed by atoms with Gasteiger partial charge in [-0.1, -0.05) is 12.1 Å². The third-order valence-corrected chi connectivity index (χ3v) is 6.25. The van der Waals surface area contributed by atoms with Gasteiger partial charge in [-0.05, 0) is 43.2 Å². The molecule has 2 saturated heterocycles. The van der Waals surface area contributed by atoms with Crippen molar-refractivity contribution in [2.75, 3.05) is 18.0 Å². The van der Waals surface area contributed by atoms with Gasteiger partial charge < -0.3 is 14.9 Å². The minimum absolute atomic E-state index is 0.155. The van der Waals surface area contributed by atoms with Crippen molar-refractivity contribution in [2.24, 2.45) is 5.92 Å². The predicted octanol–water partition coefficient (Wildman–Crippen LogP) is 1.53. The largest absolute Gasteiger partial charge is 0.481 e. The van der Waals surface area contributed by atoms with E-state index in [0.29, 0.717) is 30.9 Å².